The number of anilines is 2. The molecule has 0 spiro atoms. The molecule has 0 radical (unpaired) electrons. The summed E-state index contributed by atoms with van der Waals surface area (Å²) in [6.07, 6.45) is 7.09. The van der Waals surface area contributed by atoms with E-state index in [4.69, 9.17) is 0 Å². The van der Waals surface area contributed by atoms with Gasteiger partial charge in [0.2, 0.25) is 17.7 Å². The summed E-state index contributed by atoms with van der Waals surface area (Å²) >= 11 is 0. The number of nitrogens with zero attached hydrogens (tertiary/aromatic N) is 2. The molecule has 252 valence electrons. The van der Waals surface area contributed by atoms with Gasteiger partial charge in [-0.05, 0) is 92.9 Å². The number of nitrogens with one attached hydrogen (secondary N) is 2. The van der Waals surface area contributed by atoms with Crippen molar-refractivity contribution in [2.24, 2.45) is 23.7 Å². The van der Waals surface area contributed by atoms with Crippen LogP contribution in [-0.4, -0.2) is 60.0 Å². The summed E-state index contributed by atoms with van der Waals surface area (Å²) in [6, 6.07) is 14.6. The first-order chi connectivity index (χ1) is 22.7. The molecule has 2 aromatic carbocycles. The molecule has 2 saturated carbocycles. The molecule has 2 saturated heterocycles. The van der Waals surface area contributed by atoms with Crippen molar-refractivity contribution in [2.45, 2.75) is 103 Å². The number of amides is 4. The predicted molar refractivity (Wildman–Crippen MR) is 182 cm³/mol. The van der Waals surface area contributed by atoms with Crippen molar-refractivity contribution in [3.8, 4) is 0 Å². The van der Waals surface area contributed by atoms with Gasteiger partial charge in [0.05, 0.1) is 12.1 Å². The van der Waals surface area contributed by atoms with Gasteiger partial charge >= 0.3 is 0 Å². The van der Waals surface area contributed by atoms with Gasteiger partial charge < -0.3 is 25.5 Å². The van der Waals surface area contributed by atoms with Crippen molar-refractivity contribution in [3.63, 3.8) is 0 Å². The summed E-state index contributed by atoms with van der Waals surface area (Å²) < 4.78 is 0. The largest absolute Gasteiger partial charge is 0.391 e. The maximum atomic E-state index is 14.0. The van der Waals surface area contributed by atoms with E-state index in [0.717, 1.165) is 37.2 Å². The van der Waals surface area contributed by atoms with E-state index < -0.39 is 12.1 Å². The normalized spacial score (nSPS) is 24.0. The first-order valence-corrected chi connectivity index (χ1v) is 17.7. The van der Waals surface area contributed by atoms with Crippen LogP contribution in [0.4, 0.5) is 11.4 Å². The fourth-order valence-corrected chi connectivity index (χ4v) is 7.82. The molecule has 4 amide bonds. The number of rotatable bonds is 14. The summed E-state index contributed by atoms with van der Waals surface area (Å²) in [5.41, 5.74) is 2.50. The van der Waals surface area contributed by atoms with Crippen LogP contribution in [0.15, 0.2) is 48.5 Å². The minimum atomic E-state index is -0.970. The zero-order valence-electron chi connectivity index (χ0n) is 27.8. The maximum Gasteiger partial charge on any atom is 0.251 e. The number of fused-ring (bicyclic) bond motifs is 1. The molecule has 0 bridgehead atoms. The number of hydrogen-bond donors (Lipinski definition) is 3. The van der Waals surface area contributed by atoms with Crippen molar-refractivity contribution in [3.05, 3.63) is 59.7 Å². The van der Waals surface area contributed by atoms with Gasteiger partial charge in [-0.25, -0.2) is 0 Å². The van der Waals surface area contributed by atoms with Crippen LogP contribution >= 0.6 is 0 Å². The van der Waals surface area contributed by atoms with Crippen LogP contribution in [0.25, 0.3) is 0 Å². The number of carbonyl (C=O) groups excluding carboxylic acids is 4. The average Bonchev–Trinajstić information content (AvgIpc) is 3.68. The molecule has 2 aliphatic carbocycles. The van der Waals surface area contributed by atoms with E-state index in [0.29, 0.717) is 67.5 Å². The predicted octanol–water partition coefficient (Wildman–Crippen LogP) is 5.00. The lowest BCUT2D eigenvalue weighted by Gasteiger charge is -2.53. The van der Waals surface area contributed by atoms with Gasteiger partial charge in [-0.1, -0.05) is 50.6 Å². The Bertz CT molecular complexity index is 1420. The minimum Gasteiger partial charge on any atom is -0.391 e. The van der Waals surface area contributed by atoms with E-state index >= 15 is 0 Å². The molecule has 2 aliphatic heterocycles. The molecule has 9 nitrogen and oxygen atoms in total. The second-order valence-electron chi connectivity index (χ2n) is 14.6. The summed E-state index contributed by atoms with van der Waals surface area (Å²) in [5.74, 6) is 1.04. The van der Waals surface area contributed by atoms with Gasteiger partial charge in [-0.15, -0.1) is 0 Å². The maximum absolute atomic E-state index is 14.0. The van der Waals surface area contributed by atoms with Crippen molar-refractivity contribution in [1.29, 1.82) is 0 Å². The highest BCUT2D eigenvalue weighted by Crippen LogP contribution is 2.50. The zero-order valence-corrected chi connectivity index (χ0v) is 27.8. The fourth-order valence-electron chi connectivity index (χ4n) is 7.82. The van der Waals surface area contributed by atoms with Gasteiger partial charge in [-0.2, -0.15) is 0 Å². The van der Waals surface area contributed by atoms with Gasteiger partial charge in [0, 0.05) is 54.8 Å². The van der Waals surface area contributed by atoms with Gasteiger partial charge in [-0.3, -0.25) is 19.2 Å². The van der Waals surface area contributed by atoms with Crippen molar-refractivity contribution in [2.75, 3.05) is 22.9 Å². The molecule has 47 heavy (non-hydrogen) atoms. The smallest absolute Gasteiger partial charge is 0.251 e. The minimum absolute atomic E-state index is 0.000853. The first-order valence-electron chi connectivity index (χ1n) is 17.7. The Hall–Kier alpha value is -3.72. The van der Waals surface area contributed by atoms with Crippen LogP contribution < -0.4 is 20.4 Å². The van der Waals surface area contributed by atoms with E-state index in [9.17, 15) is 24.3 Å². The molecule has 9 heteroatoms. The summed E-state index contributed by atoms with van der Waals surface area (Å²) in [7, 11) is 0. The summed E-state index contributed by atoms with van der Waals surface area (Å²) in [6.45, 7) is 5.41. The molecule has 6 atom stereocenters. The third-order valence-corrected chi connectivity index (χ3v) is 10.9. The van der Waals surface area contributed by atoms with E-state index in [2.05, 4.69) is 24.5 Å². The molecule has 4 aliphatic rings. The Labute approximate surface area is 278 Å². The lowest BCUT2D eigenvalue weighted by atomic mass is 9.56. The molecule has 2 heterocycles. The molecule has 3 unspecified atom stereocenters. The number of carbonyl (C=O) groups is 4. The molecule has 3 N–H and O–H groups in total. The molecule has 2 aromatic rings. The fraction of sp³-hybridized carbons (Fsp3) is 0.579. The van der Waals surface area contributed by atoms with Crippen molar-refractivity contribution < 1.29 is 24.3 Å². The monoisotopic (exact) mass is 642 g/mol. The lowest BCUT2D eigenvalue weighted by molar-refractivity contribution is -0.131. The Kier molecular flexibility index (Phi) is 10.3. The van der Waals surface area contributed by atoms with Crippen molar-refractivity contribution >= 4 is 35.0 Å². The second-order valence-corrected chi connectivity index (χ2v) is 14.6. The van der Waals surface area contributed by atoms with Crippen molar-refractivity contribution in [1.82, 2.24) is 10.6 Å². The number of aliphatic hydroxyl groups is 1. The number of hydrogen-bond acceptors (Lipinski definition) is 5. The van der Waals surface area contributed by atoms with E-state index in [-0.39, 0.29) is 42.0 Å². The second kappa shape index (κ2) is 14.6. The molecular formula is C38H50N4O5. The number of aliphatic hydroxyl groups excluding tert-OH is 1. The third kappa shape index (κ3) is 7.72. The van der Waals surface area contributed by atoms with E-state index in [1.807, 2.05) is 36.4 Å². The Balaban J connectivity index is 1.23. The zero-order chi connectivity index (χ0) is 33.1. The van der Waals surface area contributed by atoms with E-state index in [1.54, 1.807) is 21.9 Å². The van der Waals surface area contributed by atoms with Crippen LogP contribution in [0.1, 0.15) is 94.0 Å². The van der Waals surface area contributed by atoms with Crippen LogP contribution in [0.5, 0.6) is 0 Å². The molecule has 4 fully saturated rings. The van der Waals surface area contributed by atoms with E-state index in [1.165, 1.54) is 12.8 Å². The SMILES string of the molecule is CC(C)CC[C@H](C[C@H](O)[C@H](Cc1ccccc1)NC(=O)c1cc(N2CCCC2=O)cc(N2CCCC2=O)c1)C(=O)NC1CC2CCC21. The van der Waals surface area contributed by atoms with Gasteiger partial charge in [0.25, 0.3) is 5.91 Å². The highest BCUT2D eigenvalue weighted by Gasteiger charge is 2.48. The topological polar surface area (TPSA) is 119 Å². The summed E-state index contributed by atoms with van der Waals surface area (Å²) in [4.78, 5) is 56.4. The first kappa shape index (κ1) is 33.2. The lowest BCUT2D eigenvalue weighted by Crippen LogP contribution is -2.58. The Morgan fingerprint density at radius 3 is 2.09 bits per heavy atom. The molecule has 0 aromatic heterocycles. The average molecular weight is 643 g/mol. The number of benzene rings is 2. The standard InChI is InChI=1S/C38H50N4O5/c1-24(2)12-13-27(37(46)39-32-21-26-14-15-31(26)32)22-34(43)33(18-25-8-4-3-5-9-25)40-38(47)28-19-29(41-16-6-10-35(41)44)23-30(20-28)42-17-7-11-36(42)45/h3-5,8-9,19-20,23-24,26-27,31-34,43H,6-7,10-18,21-22H2,1-2H3,(H,39,46)(H,40,47)/t26?,27-,31?,32?,33+,34+/m1/s1. The Morgan fingerprint density at radius 1 is 0.915 bits per heavy atom. The van der Waals surface area contributed by atoms with Crippen LogP contribution in [0.3, 0.4) is 0 Å². The van der Waals surface area contributed by atoms with Gasteiger partial charge in [0.1, 0.15) is 0 Å². The quantitative estimate of drug-likeness (QED) is 0.268. The van der Waals surface area contributed by atoms with Crippen LogP contribution in [0, 0.1) is 23.7 Å². The Morgan fingerprint density at radius 2 is 1.57 bits per heavy atom. The highest BCUT2D eigenvalue weighted by molar-refractivity contribution is 6.03. The van der Waals surface area contributed by atoms with Gasteiger partial charge in [0.15, 0.2) is 0 Å². The van der Waals surface area contributed by atoms with Crippen LogP contribution in [0.2, 0.25) is 0 Å². The molecule has 6 rings (SSSR count). The highest BCUT2D eigenvalue weighted by atomic mass is 16.3. The van der Waals surface area contributed by atoms with Crippen LogP contribution in [-0.2, 0) is 20.8 Å². The summed E-state index contributed by atoms with van der Waals surface area (Å²) in [5, 5.41) is 18.2. The third-order valence-electron chi connectivity index (χ3n) is 10.9. The molecular weight excluding hydrogens is 592 g/mol.